The van der Waals surface area contributed by atoms with E-state index in [0.717, 1.165) is 18.5 Å². The maximum atomic E-state index is 12.5. The number of aliphatic carboxylic acids is 1. The van der Waals surface area contributed by atoms with Crippen molar-refractivity contribution in [3.05, 3.63) is 53.9 Å². The number of carbonyl (C=O) groups is 3. The van der Waals surface area contributed by atoms with Crippen LogP contribution in [-0.2, 0) is 16.1 Å². The number of hydrogen-bond acceptors (Lipinski definition) is 4. The number of amides is 1. The number of carboxylic acids is 1. The number of aromatic nitrogens is 2. The smallest absolute Gasteiger partial charge is 0.325 e. The Bertz CT molecular complexity index is 785. The summed E-state index contributed by atoms with van der Waals surface area (Å²) >= 11 is 0. The molecular weight excluding hydrogens is 322 g/mol. The molecule has 0 spiro atoms. The predicted octanol–water partition coefficient (Wildman–Crippen LogP) is 1.56. The first-order valence-electron chi connectivity index (χ1n) is 8.18. The third-order valence-electron chi connectivity index (χ3n) is 4.32. The first kappa shape index (κ1) is 16.9. The molecule has 1 fully saturated rings. The van der Waals surface area contributed by atoms with Crippen molar-refractivity contribution in [2.24, 2.45) is 0 Å². The Hall–Kier alpha value is -2.96. The highest BCUT2D eigenvalue weighted by Crippen LogP contribution is 2.26. The lowest BCUT2D eigenvalue weighted by atomic mass is 9.94. The van der Waals surface area contributed by atoms with E-state index in [1.54, 1.807) is 47.5 Å². The molecule has 1 aliphatic heterocycles. The predicted molar refractivity (Wildman–Crippen MR) is 89.2 cm³/mol. The van der Waals surface area contributed by atoms with Crippen LogP contribution >= 0.6 is 0 Å². The lowest BCUT2D eigenvalue weighted by molar-refractivity contribution is -0.137. The van der Waals surface area contributed by atoms with Gasteiger partial charge in [0.05, 0.1) is 5.69 Å². The Morgan fingerprint density at radius 3 is 2.64 bits per heavy atom. The van der Waals surface area contributed by atoms with Gasteiger partial charge in [-0.1, -0.05) is 30.3 Å². The zero-order valence-corrected chi connectivity index (χ0v) is 13.7. The standard InChI is InChI=1S/C18H19N3O4/c22-16(23)12-21-10-8-15(19-21)14-7-4-9-20(11-14)18(25)17(24)13-5-2-1-3-6-13/h1-3,5-6,8,10,14H,4,7,9,11-12H2,(H,22,23)/t14-/m0/s1. The number of ketones is 1. The summed E-state index contributed by atoms with van der Waals surface area (Å²) in [5.74, 6) is -1.95. The van der Waals surface area contributed by atoms with Crippen molar-refractivity contribution < 1.29 is 19.5 Å². The van der Waals surface area contributed by atoms with Crippen LogP contribution in [0.25, 0.3) is 0 Å². The van der Waals surface area contributed by atoms with Crippen molar-refractivity contribution >= 4 is 17.7 Å². The molecular formula is C18H19N3O4. The molecule has 1 atom stereocenters. The highest BCUT2D eigenvalue weighted by Gasteiger charge is 2.30. The van der Waals surface area contributed by atoms with Gasteiger partial charge in [-0.15, -0.1) is 0 Å². The van der Waals surface area contributed by atoms with Gasteiger partial charge >= 0.3 is 5.97 Å². The van der Waals surface area contributed by atoms with Crippen molar-refractivity contribution in [1.29, 1.82) is 0 Å². The van der Waals surface area contributed by atoms with Crippen molar-refractivity contribution in [2.45, 2.75) is 25.3 Å². The van der Waals surface area contributed by atoms with Crippen LogP contribution in [0.15, 0.2) is 42.6 Å². The van der Waals surface area contributed by atoms with Crippen LogP contribution in [0.2, 0.25) is 0 Å². The minimum atomic E-state index is -0.955. The number of likely N-dealkylation sites (tertiary alicyclic amines) is 1. The molecule has 25 heavy (non-hydrogen) atoms. The third kappa shape index (κ3) is 3.93. The molecule has 1 aromatic carbocycles. The Morgan fingerprint density at radius 1 is 1.16 bits per heavy atom. The summed E-state index contributed by atoms with van der Waals surface area (Å²) in [7, 11) is 0. The summed E-state index contributed by atoms with van der Waals surface area (Å²) < 4.78 is 1.37. The fourth-order valence-corrected chi connectivity index (χ4v) is 3.08. The van der Waals surface area contributed by atoms with Gasteiger partial charge in [0.25, 0.3) is 5.91 Å². The summed E-state index contributed by atoms with van der Waals surface area (Å²) in [6.45, 7) is 0.771. The summed E-state index contributed by atoms with van der Waals surface area (Å²) in [4.78, 5) is 37.2. The zero-order chi connectivity index (χ0) is 17.8. The molecule has 2 aromatic rings. The molecule has 1 saturated heterocycles. The van der Waals surface area contributed by atoms with Gasteiger partial charge in [-0.25, -0.2) is 0 Å². The Morgan fingerprint density at radius 2 is 1.92 bits per heavy atom. The molecule has 7 nitrogen and oxygen atoms in total. The first-order chi connectivity index (χ1) is 12.0. The van der Waals surface area contributed by atoms with Crippen LogP contribution < -0.4 is 0 Å². The van der Waals surface area contributed by atoms with Gasteiger partial charge in [0.2, 0.25) is 5.78 Å². The van der Waals surface area contributed by atoms with E-state index in [4.69, 9.17) is 5.11 Å². The molecule has 1 aliphatic rings. The Balaban J connectivity index is 1.68. The summed E-state index contributed by atoms with van der Waals surface area (Å²) in [6, 6.07) is 10.3. The topological polar surface area (TPSA) is 92.5 Å². The van der Waals surface area contributed by atoms with Crippen molar-refractivity contribution in [3.63, 3.8) is 0 Å². The maximum absolute atomic E-state index is 12.5. The van der Waals surface area contributed by atoms with Crippen molar-refractivity contribution in [1.82, 2.24) is 14.7 Å². The Kier molecular flexibility index (Phi) is 4.92. The summed E-state index contributed by atoms with van der Waals surface area (Å²) in [6.07, 6.45) is 3.26. The molecule has 1 amide bonds. The fraction of sp³-hybridized carbons (Fsp3) is 0.333. The highest BCUT2D eigenvalue weighted by molar-refractivity contribution is 6.42. The molecule has 0 saturated carbocycles. The Labute approximate surface area is 144 Å². The van der Waals surface area contributed by atoms with Gasteiger partial charge in [0.15, 0.2) is 0 Å². The van der Waals surface area contributed by atoms with Crippen LogP contribution in [0.3, 0.4) is 0 Å². The van der Waals surface area contributed by atoms with Crippen LogP contribution in [-0.4, -0.2) is 50.5 Å². The van der Waals surface area contributed by atoms with Gasteiger partial charge in [0, 0.05) is 30.8 Å². The van der Waals surface area contributed by atoms with Crippen LogP contribution in [0.4, 0.5) is 0 Å². The van der Waals surface area contributed by atoms with Gasteiger partial charge in [0.1, 0.15) is 6.54 Å². The minimum Gasteiger partial charge on any atom is -0.480 e. The van der Waals surface area contributed by atoms with E-state index in [9.17, 15) is 14.4 Å². The first-order valence-corrected chi connectivity index (χ1v) is 8.18. The molecule has 2 heterocycles. The molecule has 0 radical (unpaired) electrons. The second-order valence-corrected chi connectivity index (χ2v) is 6.12. The SMILES string of the molecule is O=C(O)Cn1ccc([C@H]2CCCN(C(=O)C(=O)c3ccccc3)C2)n1. The lowest BCUT2D eigenvalue weighted by Gasteiger charge is -2.31. The molecule has 0 bridgehead atoms. The van der Waals surface area contributed by atoms with Crippen LogP contribution in [0, 0.1) is 0 Å². The monoisotopic (exact) mass is 341 g/mol. The van der Waals surface area contributed by atoms with Gasteiger partial charge < -0.3 is 10.0 Å². The van der Waals surface area contributed by atoms with E-state index in [1.165, 1.54) is 4.68 Å². The van der Waals surface area contributed by atoms with E-state index < -0.39 is 17.7 Å². The van der Waals surface area contributed by atoms with Crippen molar-refractivity contribution in [2.75, 3.05) is 13.1 Å². The molecule has 1 N–H and O–H groups in total. The normalized spacial score (nSPS) is 17.3. The fourth-order valence-electron chi connectivity index (χ4n) is 3.08. The quantitative estimate of drug-likeness (QED) is 0.658. The number of carbonyl (C=O) groups excluding carboxylic acids is 2. The zero-order valence-electron chi connectivity index (χ0n) is 13.7. The maximum Gasteiger partial charge on any atom is 0.325 e. The van der Waals surface area contributed by atoms with Crippen LogP contribution in [0.1, 0.15) is 34.8 Å². The molecule has 7 heteroatoms. The molecule has 130 valence electrons. The molecule has 3 rings (SSSR count). The average Bonchev–Trinajstić information content (AvgIpc) is 3.09. The molecule has 0 aliphatic carbocycles. The second-order valence-electron chi connectivity index (χ2n) is 6.12. The van der Waals surface area contributed by atoms with Crippen molar-refractivity contribution in [3.8, 4) is 0 Å². The van der Waals surface area contributed by atoms with E-state index in [2.05, 4.69) is 5.10 Å². The van der Waals surface area contributed by atoms with E-state index in [1.807, 2.05) is 0 Å². The molecule has 0 unspecified atom stereocenters. The van der Waals surface area contributed by atoms with E-state index in [0.29, 0.717) is 18.7 Å². The third-order valence-corrected chi connectivity index (χ3v) is 4.32. The second kappa shape index (κ2) is 7.29. The van der Waals surface area contributed by atoms with Crippen LogP contribution in [0.5, 0.6) is 0 Å². The number of nitrogens with zero attached hydrogens (tertiary/aromatic N) is 3. The summed E-state index contributed by atoms with van der Waals surface area (Å²) in [5.41, 5.74) is 1.14. The average molecular weight is 341 g/mol. The summed E-state index contributed by atoms with van der Waals surface area (Å²) in [5, 5.41) is 13.1. The number of piperidine rings is 1. The highest BCUT2D eigenvalue weighted by atomic mass is 16.4. The number of benzene rings is 1. The number of carboxylic acid groups (broad SMARTS) is 1. The lowest BCUT2D eigenvalue weighted by Crippen LogP contribution is -2.42. The minimum absolute atomic E-state index is 0.0105. The molecule has 1 aromatic heterocycles. The van der Waals surface area contributed by atoms with Gasteiger partial charge in [-0.3, -0.25) is 19.1 Å². The number of rotatable bonds is 5. The van der Waals surface area contributed by atoms with E-state index in [-0.39, 0.29) is 12.5 Å². The number of hydrogen-bond donors (Lipinski definition) is 1. The van der Waals surface area contributed by atoms with Gasteiger partial charge in [-0.2, -0.15) is 5.10 Å². The largest absolute Gasteiger partial charge is 0.480 e. The van der Waals surface area contributed by atoms with E-state index >= 15 is 0 Å². The number of Topliss-reactive ketones (excluding diaryl/α,β-unsaturated/α-hetero) is 1. The van der Waals surface area contributed by atoms with Gasteiger partial charge in [-0.05, 0) is 18.9 Å².